The quantitative estimate of drug-likeness (QED) is 0.401. The molecule has 0 atom stereocenters. The number of nitrogens with one attached hydrogen (secondary N) is 1. The van der Waals surface area contributed by atoms with Gasteiger partial charge in [0.2, 0.25) is 0 Å². The number of fused-ring (bicyclic) bond motifs is 1. The SMILES string of the molecule is O=C(Nc1cnc(-n2nccn2)c(Cl)c1)c1cnn(-c2nsc3ccccc23)c1C(F)(F)F. The molecule has 0 aliphatic rings. The first-order valence-corrected chi connectivity index (χ1v) is 10.3. The summed E-state index contributed by atoms with van der Waals surface area (Å²) in [5.41, 5.74) is -1.83. The number of pyridine rings is 1. The summed E-state index contributed by atoms with van der Waals surface area (Å²) in [6.07, 6.45) is 0.0575. The lowest BCUT2D eigenvalue weighted by molar-refractivity contribution is -0.143. The van der Waals surface area contributed by atoms with E-state index >= 15 is 0 Å². The van der Waals surface area contributed by atoms with Crippen LogP contribution in [0, 0.1) is 0 Å². The lowest BCUT2D eigenvalue weighted by Gasteiger charge is -2.12. The highest BCUT2D eigenvalue weighted by Gasteiger charge is 2.41. The molecule has 0 saturated carbocycles. The van der Waals surface area contributed by atoms with Crippen molar-refractivity contribution >= 4 is 44.8 Å². The van der Waals surface area contributed by atoms with Crippen LogP contribution >= 0.6 is 23.1 Å². The van der Waals surface area contributed by atoms with Gasteiger partial charge in [0.15, 0.2) is 17.3 Å². The van der Waals surface area contributed by atoms with E-state index in [1.54, 1.807) is 24.3 Å². The normalized spacial score (nSPS) is 11.8. The number of benzene rings is 1. The Hall–Kier alpha value is -3.84. The van der Waals surface area contributed by atoms with Crippen molar-refractivity contribution in [1.29, 1.82) is 0 Å². The number of anilines is 1. The smallest absolute Gasteiger partial charge is 0.320 e. The molecular formula is C19H10ClF3N8OS. The van der Waals surface area contributed by atoms with Crippen LogP contribution in [0.2, 0.25) is 5.02 Å². The van der Waals surface area contributed by atoms with Crippen LogP contribution in [0.25, 0.3) is 21.7 Å². The lowest BCUT2D eigenvalue weighted by atomic mass is 10.2. The fraction of sp³-hybridized carbons (Fsp3) is 0.0526. The minimum Gasteiger partial charge on any atom is -0.320 e. The molecule has 5 rings (SSSR count). The van der Waals surface area contributed by atoms with Gasteiger partial charge in [-0.15, -0.1) is 4.80 Å². The van der Waals surface area contributed by atoms with E-state index in [1.807, 2.05) is 0 Å². The number of halogens is 4. The van der Waals surface area contributed by atoms with Crippen molar-refractivity contribution in [2.45, 2.75) is 6.18 Å². The summed E-state index contributed by atoms with van der Waals surface area (Å²) in [5, 5.41) is 14.6. The number of hydrogen-bond acceptors (Lipinski definition) is 7. The van der Waals surface area contributed by atoms with Gasteiger partial charge in [-0.3, -0.25) is 4.79 Å². The first-order valence-electron chi connectivity index (χ1n) is 9.16. The number of nitrogens with zero attached hydrogens (tertiary/aromatic N) is 7. The fourth-order valence-electron chi connectivity index (χ4n) is 3.14. The summed E-state index contributed by atoms with van der Waals surface area (Å²) in [6, 6.07) is 8.14. The topological polar surface area (TPSA) is 103 Å². The molecule has 1 N–H and O–H groups in total. The van der Waals surface area contributed by atoms with Crippen LogP contribution in [-0.4, -0.2) is 40.0 Å². The molecule has 166 valence electrons. The molecule has 33 heavy (non-hydrogen) atoms. The van der Waals surface area contributed by atoms with E-state index in [0.717, 1.165) is 22.5 Å². The Kier molecular flexibility index (Phi) is 5.06. The Morgan fingerprint density at radius 3 is 2.55 bits per heavy atom. The maximum Gasteiger partial charge on any atom is 0.434 e. The lowest BCUT2D eigenvalue weighted by Crippen LogP contribution is -2.21. The molecule has 1 amide bonds. The average Bonchev–Trinajstić information content (AvgIpc) is 3.52. The fourth-order valence-corrected chi connectivity index (χ4v) is 4.14. The Labute approximate surface area is 191 Å². The van der Waals surface area contributed by atoms with Gasteiger partial charge in [0.1, 0.15) is 0 Å². The summed E-state index contributed by atoms with van der Waals surface area (Å²) in [5.74, 6) is -0.849. The molecule has 1 aromatic carbocycles. The van der Waals surface area contributed by atoms with Gasteiger partial charge in [-0.25, -0.2) is 9.67 Å². The van der Waals surface area contributed by atoms with Gasteiger partial charge < -0.3 is 5.32 Å². The van der Waals surface area contributed by atoms with E-state index in [2.05, 4.69) is 30.0 Å². The van der Waals surface area contributed by atoms with E-state index in [0.29, 0.717) is 14.8 Å². The molecule has 0 bridgehead atoms. The van der Waals surface area contributed by atoms with Crippen molar-refractivity contribution < 1.29 is 18.0 Å². The third kappa shape index (κ3) is 3.81. The van der Waals surface area contributed by atoms with Gasteiger partial charge in [0, 0.05) is 5.39 Å². The number of aromatic nitrogens is 7. The van der Waals surface area contributed by atoms with E-state index in [-0.39, 0.29) is 22.3 Å². The van der Waals surface area contributed by atoms with Crippen molar-refractivity contribution in [3.63, 3.8) is 0 Å². The van der Waals surface area contributed by atoms with Crippen LogP contribution in [0.3, 0.4) is 0 Å². The average molecular weight is 491 g/mol. The maximum atomic E-state index is 14.0. The van der Waals surface area contributed by atoms with Crippen LogP contribution in [-0.2, 0) is 6.18 Å². The zero-order chi connectivity index (χ0) is 23.2. The molecule has 0 fully saturated rings. The van der Waals surface area contributed by atoms with E-state index in [1.165, 1.54) is 24.7 Å². The van der Waals surface area contributed by atoms with Gasteiger partial charge in [0.25, 0.3) is 5.91 Å². The largest absolute Gasteiger partial charge is 0.434 e. The van der Waals surface area contributed by atoms with Crippen LogP contribution in [0.1, 0.15) is 16.1 Å². The van der Waals surface area contributed by atoms with Crippen molar-refractivity contribution in [1.82, 2.24) is 34.1 Å². The Morgan fingerprint density at radius 1 is 1.06 bits per heavy atom. The number of rotatable bonds is 4. The molecule has 0 spiro atoms. The monoisotopic (exact) mass is 490 g/mol. The third-order valence-electron chi connectivity index (χ3n) is 4.53. The van der Waals surface area contributed by atoms with Crippen LogP contribution < -0.4 is 5.32 Å². The number of carbonyl (C=O) groups excluding carboxylic acids is 1. The Bertz CT molecular complexity index is 1480. The number of carbonyl (C=O) groups is 1. The Morgan fingerprint density at radius 2 is 1.82 bits per heavy atom. The zero-order valence-corrected chi connectivity index (χ0v) is 17.7. The molecule has 0 aliphatic carbocycles. The maximum absolute atomic E-state index is 14.0. The van der Waals surface area contributed by atoms with Crippen LogP contribution in [0.4, 0.5) is 18.9 Å². The van der Waals surface area contributed by atoms with Crippen molar-refractivity contribution in [2.75, 3.05) is 5.32 Å². The molecule has 0 unspecified atom stereocenters. The molecule has 5 aromatic rings. The highest BCUT2D eigenvalue weighted by molar-refractivity contribution is 7.13. The molecule has 4 heterocycles. The highest BCUT2D eigenvalue weighted by Crippen LogP contribution is 2.36. The minimum absolute atomic E-state index is 0.0113. The predicted molar refractivity (Wildman–Crippen MR) is 114 cm³/mol. The molecule has 9 nitrogen and oxygen atoms in total. The standard InChI is InChI=1S/C19H10ClF3N8OS/c20-13-7-10(8-24-17(13)31-25-5-6-26-31)28-18(32)12-9-27-30(15(12)19(21,22)23)16-11-3-1-2-4-14(11)33-29-16/h1-9H,(H,28,32). The van der Waals surface area contributed by atoms with Crippen molar-refractivity contribution in [3.05, 3.63) is 71.4 Å². The van der Waals surface area contributed by atoms with Gasteiger partial charge in [0.05, 0.1) is 45.8 Å². The van der Waals surface area contributed by atoms with Crippen molar-refractivity contribution in [2.24, 2.45) is 0 Å². The van der Waals surface area contributed by atoms with Crippen LogP contribution in [0.5, 0.6) is 0 Å². The first kappa shape index (κ1) is 21.0. The van der Waals surface area contributed by atoms with Gasteiger partial charge >= 0.3 is 6.18 Å². The summed E-state index contributed by atoms with van der Waals surface area (Å²) >= 11 is 7.20. The second kappa shape index (κ2) is 7.94. The summed E-state index contributed by atoms with van der Waals surface area (Å²) in [4.78, 5) is 18.0. The van der Waals surface area contributed by atoms with Crippen molar-refractivity contribution in [3.8, 4) is 11.6 Å². The third-order valence-corrected chi connectivity index (χ3v) is 5.62. The minimum atomic E-state index is -4.88. The molecule has 14 heteroatoms. The van der Waals surface area contributed by atoms with E-state index in [4.69, 9.17) is 11.6 Å². The predicted octanol–water partition coefficient (Wildman–Crippen LogP) is 4.38. The first-order chi connectivity index (χ1) is 15.8. The van der Waals surface area contributed by atoms with Gasteiger partial charge in [-0.1, -0.05) is 23.7 Å². The summed E-state index contributed by atoms with van der Waals surface area (Å²) in [7, 11) is 0. The number of hydrogen-bond donors (Lipinski definition) is 1. The summed E-state index contributed by atoms with van der Waals surface area (Å²) < 4.78 is 47.4. The van der Waals surface area contributed by atoms with E-state index in [9.17, 15) is 18.0 Å². The molecule has 0 radical (unpaired) electrons. The number of amides is 1. The highest BCUT2D eigenvalue weighted by atomic mass is 35.5. The molecule has 0 aliphatic heterocycles. The second-order valence-corrected chi connectivity index (χ2v) is 7.83. The summed E-state index contributed by atoms with van der Waals surface area (Å²) in [6.45, 7) is 0. The molecule has 4 aromatic heterocycles. The Balaban J connectivity index is 1.51. The second-order valence-electron chi connectivity index (χ2n) is 6.62. The molecule has 0 saturated heterocycles. The zero-order valence-electron chi connectivity index (χ0n) is 16.2. The number of alkyl halides is 3. The van der Waals surface area contributed by atoms with Crippen LogP contribution in [0.15, 0.2) is 55.1 Å². The molecular weight excluding hydrogens is 481 g/mol. The van der Waals surface area contributed by atoms with Gasteiger partial charge in [-0.2, -0.15) is 32.8 Å². The van der Waals surface area contributed by atoms with E-state index < -0.39 is 23.3 Å². The van der Waals surface area contributed by atoms with Gasteiger partial charge in [-0.05, 0) is 29.7 Å².